The number of fused-ring (bicyclic) bond motifs is 1. The van der Waals surface area contributed by atoms with Crippen molar-refractivity contribution in [1.82, 2.24) is 10.2 Å². The summed E-state index contributed by atoms with van der Waals surface area (Å²) in [6.45, 7) is 4.46. The predicted molar refractivity (Wildman–Crippen MR) is 163 cm³/mol. The summed E-state index contributed by atoms with van der Waals surface area (Å²) >= 11 is 2.40. The molecule has 0 spiro atoms. The minimum absolute atomic E-state index is 0.00619. The molecule has 1 amide bonds. The first-order chi connectivity index (χ1) is 20.8. The van der Waals surface area contributed by atoms with E-state index in [9.17, 15) is 19.1 Å². The first-order valence-electron chi connectivity index (χ1n) is 13.9. The maximum atomic E-state index is 14.2. The average molecular weight is 618 g/mol. The lowest BCUT2D eigenvalue weighted by Gasteiger charge is -2.23. The van der Waals surface area contributed by atoms with E-state index in [1.54, 1.807) is 60.7 Å². The van der Waals surface area contributed by atoms with Crippen LogP contribution in [0.5, 0.6) is 11.5 Å². The van der Waals surface area contributed by atoms with Crippen LogP contribution in [0.4, 0.5) is 9.52 Å². The molecule has 0 radical (unpaired) electrons. The fourth-order valence-electron chi connectivity index (χ4n) is 5.18. The van der Waals surface area contributed by atoms with Crippen LogP contribution < -0.4 is 14.4 Å². The summed E-state index contributed by atoms with van der Waals surface area (Å²) in [5, 5.41) is 20.2. The first kappa shape index (κ1) is 28.9. The van der Waals surface area contributed by atoms with Gasteiger partial charge in [-0.1, -0.05) is 60.4 Å². The zero-order chi connectivity index (χ0) is 30.1. The monoisotopic (exact) mass is 617 g/mol. The number of ether oxygens (including phenoxy) is 2. The number of aromatic nitrogens is 2. The second-order valence-electron chi connectivity index (χ2n) is 10.3. The highest BCUT2D eigenvalue weighted by Crippen LogP contribution is 2.45. The minimum Gasteiger partial charge on any atom is -0.507 e. The van der Waals surface area contributed by atoms with Gasteiger partial charge in [0.15, 0.2) is 4.34 Å². The molecule has 3 heterocycles. The number of aliphatic hydroxyl groups excluding tert-OH is 1. The van der Waals surface area contributed by atoms with Gasteiger partial charge in [0.05, 0.1) is 18.2 Å². The summed E-state index contributed by atoms with van der Waals surface area (Å²) in [4.78, 5) is 28.5. The summed E-state index contributed by atoms with van der Waals surface area (Å²) in [5.74, 6) is -0.631. The molecular weight excluding hydrogens is 590 g/mol. The van der Waals surface area contributed by atoms with Gasteiger partial charge in [-0.05, 0) is 66.4 Å². The Labute approximate surface area is 256 Å². The van der Waals surface area contributed by atoms with E-state index in [2.05, 4.69) is 10.2 Å². The van der Waals surface area contributed by atoms with Crippen molar-refractivity contribution in [1.29, 1.82) is 0 Å². The third kappa shape index (κ3) is 5.74. The molecule has 4 aromatic rings. The summed E-state index contributed by atoms with van der Waals surface area (Å²) in [6.07, 6.45) is 1.48. The Hall–Kier alpha value is -4.22. The number of anilines is 1. The van der Waals surface area contributed by atoms with Gasteiger partial charge in [0.1, 0.15) is 29.2 Å². The number of amides is 1. The first-order valence-corrected chi connectivity index (χ1v) is 15.7. The summed E-state index contributed by atoms with van der Waals surface area (Å²) < 4.78 is 26.3. The second kappa shape index (κ2) is 12.2. The normalized spacial score (nSPS) is 19.0. The molecule has 2 aliphatic rings. The fraction of sp³-hybridized carbons (Fsp3) is 0.250. The number of benzene rings is 3. The molecule has 2 aliphatic heterocycles. The molecule has 0 unspecified atom stereocenters. The van der Waals surface area contributed by atoms with Crippen molar-refractivity contribution in [3.63, 3.8) is 0 Å². The van der Waals surface area contributed by atoms with E-state index in [0.29, 0.717) is 45.6 Å². The van der Waals surface area contributed by atoms with Crippen LogP contribution in [-0.2, 0) is 21.8 Å². The van der Waals surface area contributed by atoms with Crippen LogP contribution in [0.25, 0.3) is 5.76 Å². The van der Waals surface area contributed by atoms with Crippen LogP contribution in [0.2, 0.25) is 0 Å². The number of Topliss-reactive ketones (excluding diaryl/α,β-unsaturated/α-hetero) is 1. The number of hydrogen-bond donors (Lipinski definition) is 1. The number of rotatable bonds is 9. The van der Waals surface area contributed by atoms with Gasteiger partial charge in [0.25, 0.3) is 5.78 Å². The SMILES string of the molecule is CCCOc1cccc([C@@H]2C(=C(O)c3ccc4c(c3)C[C@H](C)O4)C(=O)C(=O)N2c2nnc(SCc3ccccc3F)s2)c1. The molecule has 0 aliphatic carbocycles. The molecule has 1 N–H and O–H groups in total. The lowest BCUT2D eigenvalue weighted by molar-refractivity contribution is -0.132. The highest BCUT2D eigenvalue weighted by Gasteiger charge is 2.48. The Morgan fingerprint density at radius 3 is 2.79 bits per heavy atom. The van der Waals surface area contributed by atoms with Crippen LogP contribution in [0, 0.1) is 5.82 Å². The van der Waals surface area contributed by atoms with Crippen LogP contribution in [0.3, 0.4) is 0 Å². The van der Waals surface area contributed by atoms with Gasteiger partial charge in [-0.3, -0.25) is 14.5 Å². The van der Waals surface area contributed by atoms with Crippen molar-refractivity contribution in [3.05, 3.63) is 100 Å². The van der Waals surface area contributed by atoms with E-state index in [0.717, 1.165) is 29.1 Å². The maximum Gasteiger partial charge on any atom is 0.301 e. The Balaban J connectivity index is 1.40. The number of hydrogen-bond acceptors (Lipinski definition) is 9. The van der Waals surface area contributed by atoms with Crippen LogP contribution in [0.1, 0.15) is 48.6 Å². The molecule has 1 aromatic heterocycles. The van der Waals surface area contributed by atoms with Crippen LogP contribution in [-0.4, -0.2) is 39.7 Å². The highest BCUT2D eigenvalue weighted by atomic mass is 32.2. The summed E-state index contributed by atoms with van der Waals surface area (Å²) in [7, 11) is 0. The molecule has 43 heavy (non-hydrogen) atoms. The number of carbonyl (C=O) groups excluding carboxylic acids is 2. The zero-order valence-electron chi connectivity index (χ0n) is 23.5. The van der Waals surface area contributed by atoms with E-state index in [1.165, 1.54) is 22.7 Å². The Morgan fingerprint density at radius 1 is 1.14 bits per heavy atom. The average Bonchev–Trinajstić information content (AvgIpc) is 3.70. The number of carbonyl (C=O) groups is 2. The lowest BCUT2D eigenvalue weighted by Crippen LogP contribution is -2.29. The Morgan fingerprint density at radius 2 is 1.98 bits per heavy atom. The van der Waals surface area contributed by atoms with Crippen molar-refractivity contribution in [2.45, 2.75) is 48.9 Å². The van der Waals surface area contributed by atoms with Gasteiger partial charge in [-0.15, -0.1) is 10.2 Å². The van der Waals surface area contributed by atoms with E-state index >= 15 is 0 Å². The number of nitrogens with zero attached hydrogens (tertiary/aromatic N) is 3. The smallest absolute Gasteiger partial charge is 0.301 e. The summed E-state index contributed by atoms with van der Waals surface area (Å²) in [5.41, 5.74) is 2.36. The number of aliphatic hydroxyl groups is 1. The molecular formula is C32H28FN3O5S2. The third-order valence-corrected chi connectivity index (χ3v) is 9.28. The molecule has 11 heteroatoms. The predicted octanol–water partition coefficient (Wildman–Crippen LogP) is 6.71. The largest absolute Gasteiger partial charge is 0.507 e. The van der Waals surface area contributed by atoms with Crippen LogP contribution in [0.15, 0.2) is 76.6 Å². The Bertz CT molecular complexity index is 1740. The topological polar surface area (TPSA) is 102 Å². The van der Waals surface area contributed by atoms with E-state index in [-0.39, 0.29) is 28.4 Å². The maximum absolute atomic E-state index is 14.2. The van der Waals surface area contributed by atoms with E-state index in [1.807, 2.05) is 13.8 Å². The van der Waals surface area contributed by atoms with Crippen molar-refractivity contribution >= 4 is 45.7 Å². The van der Waals surface area contributed by atoms with Crippen molar-refractivity contribution in [2.24, 2.45) is 0 Å². The number of halogens is 1. The van der Waals surface area contributed by atoms with Crippen molar-refractivity contribution in [3.8, 4) is 11.5 Å². The van der Waals surface area contributed by atoms with Crippen LogP contribution >= 0.6 is 23.1 Å². The van der Waals surface area contributed by atoms with E-state index < -0.39 is 17.7 Å². The van der Waals surface area contributed by atoms with Gasteiger partial charge in [0.2, 0.25) is 5.13 Å². The van der Waals surface area contributed by atoms with Gasteiger partial charge < -0.3 is 14.6 Å². The van der Waals surface area contributed by atoms with Crippen molar-refractivity contribution < 1.29 is 28.6 Å². The molecule has 220 valence electrons. The van der Waals surface area contributed by atoms with Gasteiger partial charge in [0, 0.05) is 17.7 Å². The fourth-order valence-corrected chi connectivity index (χ4v) is 7.03. The standard InChI is InChI=1S/C32H28FN3O5S2/c1-3-13-40-23-9-6-8-19(16-23)27-26(28(37)20-11-12-25-22(15-20)14-18(2)41-25)29(38)30(39)36(27)31-34-35-32(43-31)42-17-21-7-4-5-10-24(21)33/h4-12,15-16,18,27,37H,3,13-14,17H2,1-2H3/t18-,27+/m0/s1. The van der Waals surface area contributed by atoms with Crippen molar-refractivity contribution in [2.75, 3.05) is 11.5 Å². The number of thioether (sulfide) groups is 1. The minimum atomic E-state index is -0.981. The highest BCUT2D eigenvalue weighted by molar-refractivity contribution is 8.00. The molecule has 0 saturated carbocycles. The zero-order valence-corrected chi connectivity index (χ0v) is 25.1. The summed E-state index contributed by atoms with van der Waals surface area (Å²) in [6, 6.07) is 17.9. The third-order valence-electron chi connectivity index (χ3n) is 7.17. The number of ketones is 1. The molecule has 1 fully saturated rings. The molecule has 2 atom stereocenters. The van der Waals surface area contributed by atoms with Gasteiger partial charge in [-0.2, -0.15) is 0 Å². The van der Waals surface area contributed by atoms with Gasteiger partial charge >= 0.3 is 5.91 Å². The molecule has 8 nitrogen and oxygen atoms in total. The second-order valence-corrected chi connectivity index (χ2v) is 12.5. The molecule has 1 saturated heterocycles. The molecule has 0 bridgehead atoms. The van der Waals surface area contributed by atoms with Gasteiger partial charge in [-0.25, -0.2) is 4.39 Å². The Kier molecular flexibility index (Phi) is 8.18. The quantitative estimate of drug-likeness (QED) is 0.0727. The molecule has 3 aromatic carbocycles. The molecule has 6 rings (SSSR count). The lowest BCUT2D eigenvalue weighted by atomic mass is 9.94. The van der Waals surface area contributed by atoms with E-state index in [4.69, 9.17) is 9.47 Å².